The minimum Gasteiger partial charge on any atom is -0.480 e. The summed E-state index contributed by atoms with van der Waals surface area (Å²) in [5.41, 5.74) is 0.872. The van der Waals surface area contributed by atoms with Gasteiger partial charge in [0.25, 0.3) is 0 Å². The molecule has 0 aliphatic heterocycles. The summed E-state index contributed by atoms with van der Waals surface area (Å²) in [5.74, 6) is -0.901. The predicted octanol–water partition coefficient (Wildman–Crippen LogP) is 6.81. The molecule has 1 unspecified atom stereocenters. The quantitative estimate of drug-likeness (QED) is 0.161. The van der Waals surface area contributed by atoms with Crippen LogP contribution in [0.25, 0.3) is 11.0 Å². The highest BCUT2D eigenvalue weighted by Crippen LogP contribution is 2.37. The molecule has 1 N–H and O–H groups in total. The van der Waals surface area contributed by atoms with Crippen LogP contribution in [0.2, 0.25) is 0 Å². The van der Waals surface area contributed by atoms with E-state index in [0.717, 1.165) is 11.0 Å². The maximum Gasteiger partial charge on any atom is 0.414 e. The molecule has 0 aliphatic rings. The van der Waals surface area contributed by atoms with Gasteiger partial charge in [0.2, 0.25) is 0 Å². The first kappa shape index (κ1) is 31.0. The number of fused-ring (bicyclic) bond motifs is 1. The Hall–Kier alpha value is -3.53. The largest absolute Gasteiger partial charge is 0.480 e. The van der Waals surface area contributed by atoms with Gasteiger partial charge in [-0.05, 0) is 63.8 Å². The third-order valence-corrected chi connectivity index (χ3v) is 6.98. The number of amides is 1. The lowest BCUT2D eigenvalue weighted by Gasteiger charge is -2.30. The zero-order chi connectivity index (χ0) is 29.7. The zero-order valence-electron chi connectivity index (χ0n) is 24.3. The first-order chi connectivity index (χ1) is 18.7. The second-order valence-corrected chi connectivity index (χ2v) is 12.5. The smallest absolute Gasteiger partial charge is 0.414 e. The van der Waals surface area contributed by atoms with Gasteiger partial charge < -0.3 is 19.1 Å². The highest BCUT2D eigenvalue weighted by molar-refractivity contribution is 7.99. The maximum absolute atomic E-state index is 13.3. The van der Waals surface area contributed by atoms with Gasteiger partial charge in [-0.1, -0.05) is 56.8 Å². The molecule has 0 fully saturated rings. The Bertz CT molecular complexity index is 1360. The third kappa shape index (κ3) is 7.56. The average Bonchev–Trinajstić information content (AvgIpc) is 3.19. The van der Waals surface area contributed by atoms with E-state index in [1.165, 1.54) is 16.7 Å². The number of ether oxygens (including phenoxy) is 2. The van der Waals surface area contributed by atoms with Crippen molar-refractivity contribution < 1.29 is 29.0 Å². The molecule has 1 aromatic heterocycles. The Morgan fingerprint density at radius 2 is 1.68 bits per heavy atom. The van der Waals surface area contributed by atoms with Gasteiger partial charge >= 0.3 is 18.0 Å². The number of rotatable bonds is 10. The number of imidazole rings is 1. The number of aliphatic carboxylic acids is 1. The number of carboxylic acid groups (broad SMARTS) is 1. The molecule has 0 aliphatic carbocycles. The van der Waals surface area contributed by atoms with Crippen LogP contribution in [0.15, 0.2) is 53.7 Å². The number of benzene rings is 2. The van der Waals surface area contributed by atoms with Crippen LogP contribution in [0.3, 0.4) is 0 Å². The molecular formula is C30H39N3O6S. The van der Waals surface area contributed by atoms with Gasteiger partial charge in [-0.3, -0.25) is 4.90 Å². The molecule has 0 bridgehead atoms. The van der Waals surface area contributed by atoms with E-state index < -0.39 is 35.1 Å². The van der Waals surface area contributed by atoms with Crippen molar-refractivity contribution in [3.8, 4) is 0 Å². The van der Waals surface area contributed by atoms with E-state index in [4.69, 9.17) is 14.5 Å². The standard InChI is InChI=1S/C30H39N3O6S/c1-8-38-26(36)20-14-9-11-16-22(20)32(28(37)39-30(5,6)7)18-13-19-40-27-31-21-15-10-12-17-23(21)33(27)24(25(34)35)29(2,3)4/h9-12,14-17,24H,8,13,18-19H2,1-7H3,(H,34,35). The maximum atomic E-state index is 13.3. The van der Waals surface area contributed by atoms with Crippen molar-refractivity contribution in [3.63, 3.8) is 0 Å². The number of hydrogen-bond acceptors (Lipinski definition) is 7. The van der Waals surface area contributed by atoms with E-state index in [-0.39, 0.29) is 18.7 Å². The Labute approximate surface area is 239 Å². The summed E-state index contributed by atoms with van der Waals surface area (Å²) in [6, 6.07) is 13.5. The van der Waals surface area contributed by atoms with Crippen LogP contribution in [0.1, 0.15) is 71.3 Å². The Morgan fingerprint density at radius 1 is 1.02 bits per heavy atom. The summed E-state index contributed by atoms with van der Waals surface area (Å²) in [4.78, 5) is 44.5. The number of aromatic nitrogens is 2. The SMILES string of the molecule is CCOC(=O)c1ccccc1N(CCCSc1nc2ccccc2n1C(C(=O)O)C(C)(C)C)C(=O)OC(C)(C)C. The fourth-order valence-electron chi connectivity index (χ4n) is 4.35. The van der Waals surface area contributed by atoms with E-state index >= 15 is 0 Å². The van der Waals surface area contributed by atoms with Crippen LogP contribution in [0, 0.1) is 5.41 Å². The molecular weight excluding hydrogens is 530 g/mol. The molecule has 0 spiro atoms. The van der Waals surface area contributed by atoms with Crippen molar-refractivity contribution >= 4 is 46.5 Å². The highest BCUT2D eigenvalue weighted by Gasteiger charge is 2.36. The van der Waals surface area contributed by atoms with Crippen molar-refractivity contribution in [1.29, 1.82) is 0 Å². The number of carbonyl (C=O) groups excluding carboxylic acids is 2. The van der Waals surface area contributed by atoms with E-state index in [1.54, 1.807) is 56.5 Å². The number of carboxylic acids is 1. The molecule has 1 heterocycles. The van der Waals surface area contributed by atoms with Gasteiger partial charge in [-0.15, -0.1) is 0 Å². The lowest BCUT2D eigenvalue weighted by Crippen LogP contribution is -2.38. The predicted molar refractivity (Wildman–Crippen MR) is 157 cm³/mol. The number of esters is 1. The van der Waals surface area contributed by atoms with E-state index in [0.29, 0.717) is 23.0 Å². The summed E-state index contributed by atoms with van der Waals surface area (Å²) in [6.07, 6.45) is -0.0440. The van der Waals surface area contributed by atoms with Gasteiger partial charge in [0.05, 0.1) is 28.9 Å². The van der Waals surface area contributed by atoms with Gasteiger partial charge in [-0.2, -0.15) is 0 Å². The molecule has 40 heavy (non-hydrogen) atoms. The first-order valence-corrected chi connectivity index (χ1v) is 14.3. The van der Waals surface area contributed by atoms with Gasteiger partial charge in [0.1, 0.15) is 11.6 Å². The van der Waals surface area contributed by atoms with Crippen molar-refractivity contribution in [2.75, 3.05) is 23.8 Å². The molecule has 9 nitrogen and oxygen atoms in total. The Morgan fingerprint density at radius 3 is 2.30 bits per heavy atom. The highest BCUT2D eigenvalue weighted by atomic mass is 32.2. The summed E-state index contributed by atoms with van der Waals surface area (Å²) in [7, 11) is 0. The van der Waals surface area contributed by atoms with Crippen LogP contribution in [0.4, 0.5) is 10.5 Å². The minimum atomic E-state index is -0.927. The van der Waals surface area contributed by atoms with E-state index in [9.17, 15) is 19.5 Å². The second-order valence-electron chi connectivity index (χ2n) is 11.4. The minimum absolute atomic E-state index is 0.211. The van der Waals surface area contributed by atoms with Crippen molar-refractivity contribution in [2.45, 2.75) is 71.7 Å². The number of para-hydroxylation sites is 3. The normalized spacial score (nSPS) is 12.7. The van der Waals surface area contributed by atoms with Crippen LogP contribution < -0.4 is 4.90 Å². The molecule has 1 amide bonds. The van der Waals surface area contributed by atoms with Crippen molar-refractivity contribution in [1.82, 2.24) is 9.55 Å². The summed E-state index contributed by atoms with van der Waals surface area (Å²) >= 11 is 1.43. The number of nitrogens with zero attached hydrogens (tertiary/aromatic N) is 3. The monoisotopic (exact) mass is 569 g/mol. The zero-order valence-corrected chi connectivity index (χ0v) is 25.1. The van der Waals surface area contributed by atoms with Crippen LogP contribution >= 0.6 is 11.8 Å². The van der Waals surface area contributed by atoms with Crippen LogP contribution in [-0.2, 0) is 14.3 Å². The molecule has 216 valence electrons. The topological polar surface area (TPSA) is 111 Å². The second kappa shape index (κ2) is 12.8. The molecule has 1 atom stereocenters. The fraction of sp³-hybridized carbons (Fsp3) is 0.467. The first-order valence-electron chi connectivity index (χ1n) is 13.3. The third-order valence-electron chi connectivity index (χ3n) is 5.94. The summed E-state index contributed by atoms with van der Waals surface area (Å²) in [6.45, 7) is 13.3. The van der Waals surface area contributed by atoms with E-state index in [2.05, 4.69) is 0 Å². The number of hydrogen-bond donors (Lipinski definition) is 1. The van der Waals surface area contributed by atoms with E-state index in [1.807, 2.05) is 45.0 Å². The van der Waals surface area contributed by atoms with Crippen LogP contribution in [-0.4, -0.2) is 57.2 Å². The van der Waals surface area contributed by atoms with Crippen LogP contribution in [0.5, 0.6) is 0 Å². The lowest BCUT2D eigenvalue weighted by molar-refractivity contribution is -0.144. The van der Waals surface area contributed by atoms with Gasteiger partial charge in [-0.25, -0.2) is 19.4 Å². The van der Waals surface area contributed by atoms with Gasteiger partial charge in [0.15, 0.2) is 5.16 Å². The number of anilines is 1. The van der Waals surface area contributed by atoms with Crippen molar-refractivity contribution in [3.05, 3.63) is 54.1 Å². The molecule has 10 heteroatoms. The van der Waals surface area contributed by atoms with Crippen molar-refractivity contribution in [2.24, 2.45) is 5.41 Å². The Kier molecular flexibility index (Phi) is 9.89. The fourth-order valence-corrected chi connectivity index (χ4v) is 5.31. The summed E-state index contributed by atoms with van der Waals surface area (Å²) in [5, 5.41) is 10.7. The molecule has 3 aromatic rings. The lowest BCUT2D eigenvalue weighted by atomic mass is 9.86. The average molecular weight is 570 g/mol. The molecule has 3 rings (SSSR count). The number of thioether (sulfide) groups is 1. The molecule has 0 saturated heterocycles. The molecule has 2 aromatic carbocycles. The Balaban J connectivity index is 1.88. The summed E-state index contributed by atoms with van der Waals surface area (Å²) < 4.78 is 12.7. The molecule has 0 radical (unpaired) electrons. The number of carbonyl (C=O) groups is 3. The molecule has 0 saturated carbocycles. The van der Waals surface area contributed by atoms with Gasteiger partial charge in [0, 0.05) is 12.3 Å².